The number of β-amino-alcohol motifs (C(OH)–C–C–N with tert-alkyl or cyclic N) is 1. The molecule has 2 heterocycles. The first-order valence-electron chi connectivity index (χ1n) is 11.5. The molecule has 3 aromatic rings. The largest absolute Gasteiger partial charge is 0.390 e. The van der Waals surface area contributed by atoms with Crippen LogP contribution in [0.25, 0.3) is 21.8 Å². The van der Waals surface area contributed by atoms with Gasteiger partial charge in [0.2, 0.25) is 0 Å². The Morgan fingerprint density at radius 3 is 2.40 bits per heavy atom. The lowest BCUT2D eigenvalue weighted by Crippen LogP contribution is -2.52. The Bertz CT molecular complexity index is 1000. The molecular weight excluding hydrogens is 394 g/mol. The maximum Gasteiger partial charge on any atom is 0.0845 e. The molecule has 2 fully saturated rings. The molecule has 5 heteroatoms. The number of aliphatic hydroxyl groups is 1. The fourth-order valence-electron chi connectivity index (χ4n) is 5.55. The third-order valence-corrected chi connectivity index (χ3v) is 7.33. The van der Waals surface area contributed by atoms with Crippen molar-refractivity contribution in [3.8, 4) is 0 Å². The topological polar surface area (TPSA) is 31.6 Å². The van der Waals surface area contributed by atoms with Crippen LogP contribution < -0.4 is 0 Å². The minimum atomic E-state index is -0.388. The third kappa shape index (κ3) is 4.11. The highest BCUT2D eigenvalue weighted by Crippen LogP contribution is 2.31. The minimum absolute atomic E-state index is 0.388. The standard InChI is InChI=1S/C25H32ClN3O/c26-19-10-11-25-23(16-19)22-8-4-5-9-24(22)29(25)18-21(30)17-27-12-14-28(15-13-27)20-6-2-1-3-7-20/h4-5,8-11,16,20-21,30H,1-3,6-7,12-15,17-18H2. The first kappa shape index (κ1) is 20.3. The molecule has 1 aliphatic heterocycles. The number of aromatic nitrogens is 1. The average Bonchev–Trinajstić information content (AvgIpc) is 3.08. The van der Waals surface area contributed by atoms with E-state index in [4.69, 9.17) is 11.6 Å². The average molecular weight is 426 g/mol. The summed E-state index contributed by atoms with van der Waals surface area (Å²) in [7, 11) is 0. The number of halogens is 1. The maximum absolute atomic E-state index is 11.0. The molecule has 5 rings (SSSR count). The number of rotatable bonds is 5. The lowest BCUT2D eigenvalue weighted by atomic mass is 9.94. The van der Waals surface area contributed by atoms with Gasteiger partial charge in [-0.25, -0.2) is 0 Å². The van der Waals surface area contributed by atoms with Crippen molar-refractivity contribution in [1.29, 1.82) is 0 Å². The van der Waals surface area contributed by atoms with Crippen molar-refractivity contribution in [2.24, 2.45) is 0 Å². The molecule has 0 amide bonds. The van der Waals surface area contributed by atoms with Crippen molar-refractivity contribution < 1.29 is 5.11 Å². The van der Waals surface area contributed by atoms with Crippen molar-refractivity contribution in [3.05, 3.63) is 47.5 Å². The molecule has 2 aromatic carbocycles. The number of aliphatic hydroxyl groups excluding tert-OH is 1. The number of fused-ring (bicyclic) bond motifs is 3. The van der Waals surface area contributed by atoms with Crippen LogP contribution in [0, 0.1) is 0 Å². The Morgan fingerprint density at radius 1 is 0.867 bits per heavy atom. The molecule has 1 atom stereocenters. The lowest BCUT2D eigenvalue weighted by Gasteiger charge is -2.41. The van der Waals surface area contributed by atoms with E-state index < -0.39 is 0 Å². The van der Waals surface area contributed by atoms with Gasteiger partial charge in [-0.3, -0.25) is 9.80 Å². The van der Waals surface area contributed by atoms with Gasteiger partial charge in [0, 0.05) is 65.6 Å². The van der Waals surface area contributed by atoms with E-state index in [0.29, 0.717) is 6.54 Å². The van der Waals surface area contributed by atoms with Gasteiger partial charge in [0.05, 0.1) is 12.6 Å². The summed E-state index contributed by atoms with van der Waals surface area (Å²) in [5.41, 5.74) is 2.30. The van der Waals surface area contributed by atoms with Crippen molar-refractivity contribution in [2.75, 3.05) is 32.7 Å². The molecule has 0 bridgehead atoms. The molecule has 2 aliphatic rings. The predicted octanol–water partition coefficient (Wildman–Crippen LogP) is 4.76. The van der Waals surface area contributed by atoms with E-state index in [2.05, 4.69) is 44.7 Å². The summed E-state index contributed by atoms with van der Waals surface area (Å²) in [6, 6.07) is 15.3. The van der Waals surface area contributed by atoms with Gasteiger partial charge in [-0.1, -0.05) is 49.1 Å². The highest BCUT2D eigenvalue weighted by atomic mass is 35.5. The van der Waals surface area contributed by atoms with Gasteiger partial charge in [0.25, 0.3) is 0 Å². The molecule has 1 aromatic heterocycles. The summed E-state index contributed by atoms with van der Waals surface area (Å²) in [4.78, 5) is 5.13. The summed E-state index contributed by atoms with van der Waals surface area (Å²) in [5, 5.41) is 14.1. The quantitative estimate of drug-likeness (QED) is 0.639. The summed E-state index contributed by atoms with van der Waals surface area (Å²) >= 11 is 6.26. The molecule has 0 spiro atoms. The van der Waals surface area contributed by atoms with Gasteiger partial charge in [-0.2, -0.15) is 0 Å². The summed E-state index contributed by atoms with van der Waals surface area (Å²) in [5.74, 6) is 0. The van der Waals surface area contributed by atoms with Crippen molar-refractivity contribution >= 4 is 33.4 Å². The second kappa shape index (κ2) is 8.88. The Kier molecular flexibility index (Phi) is 6.01. The minimum Gasteiger partial charge on any atom is -0.390 e. The zero-order valence-corrected chi connectivity index (χ0v) is 18.4. The van der Waals surface area contributed by atoms with E-state index >= 15 is 0 Å². The molecule has 1 N–H and O–H groups in total. The van der Waals surface area contributed by atoms with Crippen LogP contribution in [0.5, 0.6) is 0 Å². The predicted molar refractivity (Wildman–Crippen MR) is 125 cm³/mol. The normalized spacial score (nSPS) is 20.9. The van der Waals surface area contributed by atoms with Crippen LogP contribution in [0.3, 0.4) is 0 Å². The number of benzene rings is 2. The van der Waals surface area contributed by atoms with E-state index in [0.717, 1.165) is 60.2 Å². The van der Waals surface area contributed by atoms with E-state index in [1.54, 1.807) is 0 Å². The molecule has 160 valence electrons. The third-order valence-electron chi connectivity index (χ3n) is 7.09. The monoisotopic (exact) mass is 425 g/mol. The van der Waals surface area contributed by atoms with E-state index in [1.165, 1.54) is 37.5 Å². The van der Waals surface area contributed by atoms with Gasteiger partial charge >= 0.3 is 0 Å². The maximum atomic E-state index is 11.0. The van der Waals surface area contributed by atoms with Crippen LogP contribution in [0.1, 0.15) is 32.1 Å². The van der Waals surface area contributed by atoms with E-state index in [-0.39, 0.29) is 6.10 Å². The number of nitrogens with zero attached hydrogens (tertiary/aromatic N) is 3. The number of hydrogen-bond acceptors (Lipinski definition) is 3. The van der Waals surface area contributed by atoms with Crippen molar-refractivity contribution in [2.45, 2.75) is 50.8 Å². The van der Waals surface area contributed by atoms with Gasteiger partial charge in [-0.15, -0.1) is 0 Å². The first-order chi connectivity index (χ1) is 14.7. The highest BCUT2D eigenvalue weighted by Gasteiger charge is 2.26. The first-order valence-corrected chi connectivity index (χ1v) is 11.9. The Labute approximate surface area is 184 Å². The zero-order chi connectivity index (χ0) is 20.5. The van der Waals surface area contributed by atoms with Crippen LogP contribution in [-0.4, -0.2) is 64.3 Å². The fourth-order valence-corrected chi connectivity index (χ4v) is 5.72. The van der Waals surface area contributed by atoms with Crippen LogP contribution in [0.2, 0.25) is 5.02 Å². The Balaban J connectivity index is 1.26. The van der Waals surface area contributed by atoms with Gasteiger partial charge in [-0.05, 0) is 37.1 Å². The van der Waals surface area contributed by atoms with E-state index in [1.807, 2.05) is 12.1 Å². The van der Waals surface area contributed by atoms with Gasteiger partial charge in [0.1, 0.15) is 0 Å². The van der Waals surface area contributed by atoms with Crippen LogP contribution in [0.15, 0.2) is 42.5 Å². The highest BCUT2D eigenvalue weighted by molar-refractivity contribution is 6.31. The zero-order valence-electron chi connectivity index (χ0n) is 17.6. The lowest BCUT2D eigenvalue weighted by molar-refractivity contribution is 0.0435. The van der Waals surface area contributed by atoms with Crippen LogP contribution in [0.4, 0.5) is 0 Å². The molecule has 30 heavy (non-hydrogen) atoms. The summed E-state index contributed by atoms with van der Waals surface area (Å²) in [6.07, 6.45) is 6.57. The SMILES string of the molecule is OC(CN1CCN(C2CCCCC2)CC1)Cn1c2ccccc2c2cc(Cl)ccc21. The second-order valence-corrected chi connectivity index (χ2v) is 9.51. The summed E-state index contributed by atoms with van der Waals surface area (Å²) < 4.78 is 2.25. The number of para-hydroxylation sites is 1. The fraction of sp³-hybridized carbons (Fsp3) is 0.520. The second-order valence-electron chi connectivity index (χ2n) is 9.07. The van der Waals surface area contributed by atoms with Gasteiger partial charge < -0.3 is 9.67 Å². The number of hydrogen-bond donors (Lipinski definition) is 1. The van der Waals surface area contributed by atoms with E-state index in [9.17, 15) is 5.11 Å². The molecule has 1 unspecified atom stereocenters. The van der Waals surface area contributed by atoms with Crippen molar-refractivity contribution in [1.82, 2.24) is 14.4 Å². The molecule has 1 saturated carbocycles. The van der Waals surface area contributed by atoms with Crippen LogP contribution >= 0.6 is 11.6 Å². The molecule has 1 saturated heterocycles. The summed E-state index contributed by atoms with van der Waals surface area (Å²) in [6.45, 7) is 5.76. The number of piperazine rings is 1. The molecular formula is C25H32ClN3O. The smallest absolute Gasteiger partial charge is 0.0845 e. The Morgan fingerprint density at radius 2 is 1.60 bits per heavy atom. The van der Waals surface area contributed by atoms with Crippen LogP contribution in [-0.2, 0) is 6.54 Å². The Hall–Kier alpha value is -1.59. The molecule has 4 nitrogen and oxygen atoms in total. The molecule has 0 radical (unpaired) electrons. The molecule has 1 aliphatic carbocycles. The van der Waals surface area contributed by atoms with Crippen molar-refractivity contribution in [3.63, 3.8) is 0 Å². The van der Waals surface area contributed by atoms with Gasteiger partial charge in [0.15, 0.2) is 0 Å².